The lowest BCUT2D eigenvalue weighted by molar-refractivity contribution is 0.134. The third-order valence-electron chi connectivity index (χ3n) is 2.91. The highest BCUT2D eigenvalue weighted by Crippen LogP contribution is 2.42. The molecule has 1 heterocycles. The van der Waals surface area contributed by atoms with E-state index in [0.717, 1.165) is 29.9 Å². The summed E-state index contributed by atoms with van der Waals surface area (Å²) in [4.78, 5) is 0. The van der Waals surface area contributed by atoms with Crippen molar-refractivity contribution in [3.8, 4) is 11.5 Å². The van der Waals surface area contributed by atoms with E-state index in [9.17, 15) is 0 Å². The van der Waals surface area contributed by atoms with Crippen LogP contribution >= 0.6 is 0 Å². The smallest absolute Gasteiger partial charge is 0.165 e. The summed E-state index contributed by atoms with van der Waals surface area (Å²) in [6, 6.07) is 4.26. The molecule has 2 rings (SSSR count). The molecule has 1 aliphatic heterocycles. The largest absolute Gasteiger partial charge is 0.493 e. The van der Waals surface area contributed by atoms with Gasteiger partial charge in [-0.25, -0.2) is 0 Å². The summed E-state index contributed by atoms with van der Waals surface area (Å²) in [7, 11) is 1.69. The topological polar surface area (TPSA) is 18.5 Å². The number of hydrogen-bond acceptors (Lipinski definition) is 2. The van der Waals surface area contributed by atoms with Crippen LogP contribution in [0.3, 0.4) is 0 Å². The summed E-state index contributed by atoms with van der Waals surface area (Å²) in [6.07, 6.45) is 1.83. The fourth-order valence-corrected chi connectivity index (χ4v) is 2.34. The Balaban J connectivity index is 2.41. The lowest BCUT2D eigenvalue weighted by atomic mass is 9.98. The molecular formula is C15H20O2. The van der Waals surface area contributed by atoms with E-state index < -0.39 is 0 Å². The normalized spacial score (nSPS) is 16.2. The highest BCUT2D eigenvalue weighted by atomic mass is 16.5. The highest BCUT2D eigenvalue weighted by Gasteiger charge is 2.32. The molecular weight excluding hydrogens is 212 g/mol. The Bertz CT molecular complexity index is 458. The minimum atomic E-state index is -0.128. The quantitative estimate of drug-likeness (QED) is 0.742. The maximum absolute atomic E-state index is 5.93. The Hall–Kier alpha value is -1.44. The molecule has 0 N–H and O–H groups in total. The SMILES string of the molecule is C=C(C)Cc1cc2c(c(OC)c1)OC(C)(C)C2. The van der Waals surface area contributed by atoms with Gasteiger partial charge < -0.3 is 9.47 Å². The van der Waals surface area contributed by atoms with Crippen molar-refractivity contribution in [1.82, 2.24) is 0 Å². The molecule has 0 atom stereocenters. The predicted octanol–water partition coefficient (Wildman–Crippen LogP) is 3.53. The zero-order chi connectivity index (χ0) is 12.6. The van der Waals surface area contributed by atoms with E-state index in [4.69, 9.17) is 9.47 Å². The van der Waals surface area contributed by atoms with Gasteiger partial charge in [0.1, 0.15) is 5.60 Å². The van der Waals surface area contributed by atoms with Gasteiger partial charge in [0.25, 0.3) is 0 Å². The molecule has 0 saturated heterocycles. The number of methoxy groups -OCH3 is 1. The van der Waals surface area contributed by atoms with Crippen molar-refractivity contribution in [1.29, 1.82) is 0 Å². The molecule has 92 valence electrons. The van der Waals surface area contributed by atoms with Gasteiger partial charge in [-0.2, -0.15) is 0 Å². The maximum atomic E-state index is 5.93. The molecule has 0 unspecified atom stereocenters. The highest BCUT2D eigenvalue weighted by molar-refractivity contribution is 5.53. The molecule has 0 amide bonds. The van der Waals surface area contributed by atoms with Gasteiger partial charge in [0, 0.05) is 12.0 Å². The summed E-state index contributed by atoms with van der Waals surface area (Å²) < 4.78 is 11.3. The van der Waals surface area contributed by atoms with Crippen LogP contribution in [0.1, 0.15) is 31.9 Å². The third-order valence-corrected chi connectivity index (χ3v) is 2.91. The van der Waals surface area contributed by atoms with E-state index in [-0.39, 0.29) is 5.60 Å². The Labute approximate surface area is 103 Å². The average molecular weight is 232 g/mol. The first-order chi connectivity index (χ1) is 7.91. The van der Waals surface area contributed by atoms with Crippen molar-refractivity contribution in [2.75, 3.05) is 7.11 Å². The zero-order valence-corrected chi connectivity index (χ0v) is 11.1. The number of ether oxygens (including phenoxy) is 2. The first kappa shape index (κ1) is 12.0. The van der Waals surface area contributed by atoms with Crippen LogP contribution in [0.5, 0.6) is 11.5 Å². The van der Waals surface area contributed by atoms with Crippen molar-refractivity contribution >= 4 is 0 Å². The summed E-state index contributed by atoms with van der Waals surface area (Å²) in [5.74, 6) is 1.74. The lowest BCUT2D eigenvalue weighted by Crippen LogP contribution is -2.24. The van der Waals surface area contributed by atoms with Crippen molar-refractivity contribution in [3.05, 3.63) is 35.4 Å². The number of benzene rings is 1. The van der Waals surface area contributed by atoms with Crippen LogP contribution in [0.25, 0.3) is 0 Å². The van der Waals surface area contributed by atoms with E-state index in [1.165, 1.54) is 11.1 Å². The van der Waals surface area contributed by atoms with E-state index in [1.54, 1.807) is 7.11 Å². The van der Waals surface area contributed by atoms with Crippen LogP contribution in [0.15, 0.2) is 24.3 Å². The number of hydrogen-bond donors (Lipinski definition) is 0. The van der Waals surface area contributed by atoms with Crippen molar-refractivity contribution < 1.29 is 9.47 Å². The fourth-order valence-electron chi connectivity index (χ4n) is 2.34. The third kappa shape index (κ3) is 2.46. The number of allylic oxidation sites excluding steroid dienone is 1. The zero-order valence-electron chi connectivity index (χ0n) is 11.1. The lowest BCUT2D eigenvalue weighted by Gasteiger charge is -2.17. The van der Waals surface area contributed by atoms with Crippen LogP contribution in [0, 0.1) is 0 Å². The van der Waals surface area contributed by atoms with Crippen LogP contribution in [0.4, 0.5) is 0 Å². The maximum Gasteiger partial charge on any atom is 0.165 e. The molecule has 0 spiro atoms. The molecule has 2 heteroatoms. The minimum absolute atomic E-state index is 0.128. The summed E-state index contributed by atoms with van der Waals surface area (Å²) in [6.45, 7) is 10.2. The standard InChI is InChI=1S/C15H20O2/c1-10(2)6-11-7-12-9-15(3,4)17-14(12)13(8-11)16-5/h7-8H,1,6,9H2,2-5H3. The molecule has 0 aromatic heterocycles. The van der Waals surface area contributed by atoms with E-state index in [0.29, 0.717) is 0 Å². The molecule has 0 radical (unpaired) electrons. The molecule has 1 aliphatic rings. The second-order valence-electron chi connectivity index (χ2n) is 5.46. The van der Waals surface area contributed by atoms with Gasteiger partial charge >= 0.3 is 0 Å². The van der Waals surface area contributed by atoms with Crippen molar-refractivity contribution in [3.63, 3.8) is 0 Å². The Morgan fingerprint density at radius 1 is 1.47 bits per heavy atom. The van der Waals surface area contributed by atoms with Crippen LogP contribution in [-0.4, -0.2) is 12.7 Å². The minimum Gasteiger partial charge on any atom is -0.493 e. The second-order valence-corrected chi connectivity index (χ2v) is 5.46. The van der Waals surface area contributed by atoms with Crippen LogP contribution < -0.4 is 9.47 Å². The summed E-state index contributed by atoms with van der Waals surface area (Å²) >= 11 is 0. The first-order valence-corrected chi connectivity index (χ1v) is 5.94. The second kappa shape index (κ2) is 4.10. The molecule has 2 nitrogen and oxygen atoms in total. The number of rotatable bonds is 3. The average Bonchev–Trinajstić information content (AvgIpc) is 2.49. The molecule has 0 aliphatic carbocycles. The van der Waals surface area contributed by atoms with E-state index >= 15 is 0 Å². The van der Waals surface area contributed by atoms with Gasteiger partial charge in [0.15, 0.2) is 11.5 Å². The van der Waals surface area contributed by atoms with Crippen LogP contribution in [0.2, 0.25) is 0 Å². The summed E-state index contributed by atoms with van der Waals surface area (Å²) in [5.41, 5.74) is 3.52. The predicted molar refractivity (Wildman–Crippen MR) is 69.9 cm³/mol. The van der Waals surface area contributed by atoms with Crippen molar-refractivity contribution in [2.45, 2.75) is 39.2 Å². The van der Waals surface area contributed by atoms with Crippen molar-refractivity contribution in [2.24, 2.45) is 0 Å². The van der Waals surface area contributed by atoms with Gasteiger partial charge in [-0.15, -0.1) is 0 Å². The van der Waals surface area contributed by atoms with Gasteiger partial charge in [-0.3, -0.25) is 0 Å². The molecule has 0 saturated carbocycles. The van der Waals surface area contributed by atoms with Gasteiger partial charge in [-0.1, -0.05) is 18.2 Å². The molecule has 0 fully saturated rings. The molecule has 1 aromatic carbocycles. The molecule has 0 bridgehead atoms. The van der Waals surface area contributed by atoms with Gasteiger partial charge in [-0.05, 0) is 38.8 Å². The first-order valence-electron chi connectivity index (χ1n) is 5.94. The fraction of sp³-hybridized carbons (Fsp3) is 0.467. The Kier molecular flexibility index (Phi) is 2.90. The van der Waals surface area contributed by atoms with E-state index in [1.807, 2.05) is 6.92 Å². The van der Waals surface area contributed by atoms with Gasteiger partial charge in [0.05, 0.1) is 7.11 Å². The van der Waals surface area contributed by atoms with Gasteiger partial charge in [0.2, 0.25) is 0 Å². The van der Waals surface area contributed by atoms with E-state index in [2.05, 4.69) is 32.6 Å². The summed E-state index contributed by atoms with van der Waals surface area (Å²) in [5, 5.41) is 0. The molecule has 1 aromatic rings. The number of fused-ring (bicyclic) bond motifs is 1. The Morgan fingerprint density at radius 2 is 2.18 bits per heavy atom. The Morgan fingerprint density at radius 3 is 2.76 bits per heavy atom. The monoisotopic (exact) mass is 232 g/mol. The van der Waals surface area contributed by atoms with Crippen LogP contribution in [-0.2, 0) is 12.8 Å². The molecule has 17 heavy (non-hydrogen) atoms.